The second-order valence-electron chi connectivity index (χ2n) is 6.70. The van der Waals surface area contributed by atoms with Gasteiger partial charge in [0.1, 0.15) is 11.6 Å². The van der Waals surface area contributed by atoms with Gasteiger partial charge in [-0.2, -0.15) is 0 Å². The molecule has 1 aliphatic carbocycles. The summed E-state index contributed by atoms with van der Waals surface area (Å²) in [6.07, 6.45) is 6.80. The van der Waals surface area contributed by atoms with Crippen LogP contribution in [0, 0.1) is 5.92 Å². The highest BCUT2D eigenvalue weighted by atomic mass is 15.3. The van der Waals surface area contributed by atoms with Crippen LogP contribution in [0.15, 0.2) is 0 Å². The molecule has 0 radical (unpaired) electrons. The Morgan fingerprint density at radius 3 is 2.50 bits per heavy atom. The molecule has 0 unspecified atom stereocenters. The molecule has 2 fully saturated rings. The van der Waals surface area contributed by atoms with E-state index in [0.717, 1.165) is 25.6 Å². The molecule has 1 saturated heterocycles. The fourth-order valence-corrected chi connectivity index (χ4v) is 3.56. The van der Waals surface area contributed by atoms with Crippen LogP contribution in [0.1, 0.15) is 43.8 Å². The molecule has 0 bridgehead atoms. The lowest BCUT2D eigenvalue weighted by Crippen LogP contribution is -2.26. The van der Waals surface area contributed by atoms with Gasteiger partial charge in [0.2, 0.25) is 0 Å². The Morgan fingerprint density at radius 2 is 1.70 bits per heavy atom. The molecule has 5 heteroatoms. The molecule has 0 N–H and O–H groups in total. The van der Waals surface area contributed by atoms with Crippen LogP contribution < -0.4 is 0 Å². The lowest BCUT2D eigenvalue weighted by Gasteiger charge is -2.18. The van der Waals surface area contributed by atoms with E-state index in [2.05, 4.69) is 24.6 Å². The number of hydrogen-bond acceptors (Lipinski definition) is 4. The van der Waals surface area contributed by atoms with Crippen LogP contribution in [0.4, 0.5) is 0 Å². The summed E-state index contributed by atoms with van der Waals surface area (Å²) in [5, 5.41) is 8.96. The van der Waals surface area contributed by atoms with E-state index in [0.29, 0.717) is 0 Å². The molecule has 0 atom stereocenters. The predicted molar refractivity (Wildman–Crippen MR) is 77.2 cm³/mol. The van der Waals surface area contributed by atoms with Crippen LogP contribution in [-0.2, 0) is 19.6 Å². The van der Waals surface area contributed by atoms with Crippen molar-refractivity contribution >= 4 is 0 Å². The van der Waals surface area contributed by atoms with Gasteiger partial charge in [-0.05, 0) is 51.1 Å². The second-order valence-corrected chi connectivity index (χ2v) is 6.70. The van der Waals surface area contributed by atoms with Crippen molar-refractivity contribution in [2.24, 2.45) is 5.92 Å². The van der Waals surface area contributed by atoms with Crippen LogP contribution in [0.3, 0.4) is 0 Å². The van der Waals surface area contributed by atoms with Gasteiger partial charge in [-0.25, -0.2) is 0 Å². The topological polar surface area (TPSA) is 37.2 Å². The fraction of sp³-hybridized carbons (Fsp3) is 0.867. The quantitative estimate of drug-likeness (QED) is 0.834. The molecule has 0 aromatic carbocycles. The lowest BCUT2D eigenvalue weighted by atomic mass is 10.3. The average molecular weight is 275 g/mol. The third-order valence-electron chi connectivity index (χ3n) is 4.90. The standard InChI is InChI=1S/C15H25N5/c1-2-7-18(6-1)11-14-16-17-15-12-19(10-13-4-5-13)8-3-9-20(14)15/h13H,1-12H2. The summed E-state index contributed by atoms with van der Waals surface area (Å²) in [5.41, 5.74) is 0. The highest BCUT2D eigenvalue weighted by Crippen LogP contribution is 2.30. The SMILES string of the molecule is C1CCN(Cc2nnc3n2CCCN(CC2CC2)C3)C1. The van der Waals surface area contributed by atoms with Gasteiger partial charge in [0, 0.05) is 19.6 Å². The zero-order valence-corrected chi connectivity index (χ0v) is 12.3. The van der Waals surface area contributed by atoms with E-state index < -0.39 is 0 Å². The molecule has 3 aliphatic rings. The van der Waals surface area contributed by atoms with E-state index in [1.165, 1.54) is 69.9 Å². The van der Waals surface area contributed by atoms with E-state index in [4.69, 9.17) is 0 Å². The van der Waals surface area contributed by atoms with Gasteiger partial charge in [0.05, 0.1) is 13.1 Å². The first-order valence-electron chi connectivity index (χ1n) is 8.24. The predicted octanol–water partition coefficient (Wildman–Crippen LogP) is 1.49. The van der Waals surface area contributed by atoms with Gasteiger partial charge in [-0.1, -0.05) is 0 Å². The van der Waals surface area contributed by atoms with Crippen molar-refractivity contribution in [3.8, 4) is 0 Å². The molecule has 3 heterocycles. The Balaban J connectivity index is 1.46. The van der Waals surface area contributed by atoms with Gasteiger partial charge in [-0.3, -0.25) is 9.80 Å². The van der Waals surface area contributed by atoms with Gasteiger partial charge in [0.15, 0.2) is 0 Å². The van der Waals surface area contributed by atoms with Crippen LogP contribution in [-0.4, -0.2) is 50.7 Å². The average Bonchev–Trinajstić information content (AvgIpc) is 3.05. The maximum atomic E-state index is 4.48. The maximum absolute atomic E-state index is 4.48. The number of fused-ring (bicyclic) bond motifs is 1. The van der Waals surface area contributed by atoms with Crippen molar-refractivity contribution in [2.75, 3.05) is 26.2 Å². The van der Waals surface area contributed by atoms with E-state index in [1.54, 1.807) is 0 Å². The molecule has 0 amide bonds. The third kappa shape index (κ3) is 2.74. The van der Waals surface area contributed by atoms with Crippen LogP contribution >= 0.6 is 0 Å². The molecule has 1 aromatic heterocycles. The number of nitrogens with zero attached hydrogens (tertiary/aromatic N) is 5. The number of hydrogen-bond donors (Lipinski definition) is 0. The number of likely N-dealkylation sites (tertiary alicyclic amines) is 1. The minimum Gasteiger partial charge on any atom is -0.313 e. The molecule has 110 valence electrons. The smallest absolute Gasteiger partial charge is 0.147 e. The van der Waals surface area contributed by atoms with Gasteiger partial charge in [-0.15, -0.1) is 10.2 Å². The first-order valence-corrected chi connectivity index (χ1v) is 8.24. The van der Waals surface area contributed by atoms with Crippen molar-refractivity contribution in [3.63, 3.8) is 0 Å². The second kappa shape index (κ2) is 5.45. The Labute approximate surface area is 121 Å². The molecule has 5 nitrogen and oxygen atoms in total. The highest BCUT2D eigenvalue weighted by Gasteiger charge is 2.27. The van der Waals surface area contributed by atoms with Crippen molar-refractivity contribution in [1.82, 2.24) is 24.6 Å². The van der Waals surface area contributed by atoms with E-state index in [1.807, 2.05) is 0 Å². The van der Waals surface area contributed by atoms with Crippen LogP contribution in [0.25, 0.3) is 0 Å². The van der Waals surface area contributed by atoms with Crippen LogP contribution in [0.2, 0.25) is 0 Å². The molecule has 4 rings (SSSR count). The van der Waals surface area contributed by atoms with Gasteiger partial charge < -0.3 is 4.57 Å². The third-order valence-corrected chi connectivity index (χ3v) is 4.90. The van der Waals surface area contributed by atoms with E-state index in [9.17, 15) is 0 Å². The zero-order valence-electron chi connectivity index (χ0n) is 12.3. The van der Waals surface area contributed by atoms with Crippen molar-refractivity contribution in [3.05, 3.63) is 11.6 Å². The molecule has 2 aliphatic heterocycles. The lowest BCUT2D eigenvalue weighted by molar-refractivity contribution is 0.255. The van der Waals surface area contributed by atoms with Crippen molar-refractivity contribution in [1.29, 1.82) is 0 Å². The fourth-order valence-electron chi connectivity index (χ4n) is 3.56. The minimum atomic E-state index is 0.966. The highest BCUT2D eigenvalue weighted by molar-refractivity contribution is 4.99. The van der Waals surface area contributed by atoms with Crippen LogP contribution in [0.5, 0.6) is 0 Å². The summed E-state index contributed by atoms with van der Waals surface area (Å²) >= 11 is 0. The summed E-state index contributed by atoms with van der Waals surface area (Å²) in [6.45, 7) is 8.06. The summed E-state index contributed by atoms with van der Waals surface area (Å²) in [4.78, 5) is 5.11. The molecular weight excluding hydrogens is 250 g/mol. The molecule has 20 heavy (non-hydrogen) atoms. The zero-order chi connectivity index (χ0) is 13.4. The van der Waals surface area contributed by atoms with Gasteiger partial charge >= 0.3 is 0 Å². The molecule has 1 saturated carbocycles. The largest absolute Gasteiger partial charge is 0.313 e. The van der Waals surface area contributed by atoms with E-state index >= 15 is 0 Å². The molecular formula is C15H25N5. The number of rotatable bonds is 4. The Hall–Kier alpha value is -0.940. The van der Waals surface area contributed by atoms with E-state index in [-0.39, 0.29) is 0 Å². The normalized spacial score (nSPS) is 24.8. The first-order chi connectivity index (χ1) is 9.88. The Morgan fingerprint density at radius 1 is 0.900 bits per heavy atom. The first kappa shape index (κ1) is 12.8. The van der Waals surface area contributed by atoms with Crippen molar-refractivity contribution < 1.29 is 0 Å². The summed E-state index contributed by atoms with van der Waals surface area (Å²) < 4.78 is 2.39. The summed E-state index contributed by atoms with van der Waals surface area (Å²) in [7, 11) is 0. The molecule has 0 spiro atoms. The molecule has 1 aromatic rings. The maximum Gasteiger partial charge on any atom is 0.147 e. The minimum absolute atomic E-state index is 0.966. The summed E-state index contributed by atoms with van der Waals surface area (Å²) in [5.74, 6) is 3.35. The monoisotopic (exact) mass is 275 g/mol. The summed E-state index contributed by atoms with van der Waals surface area (Å²) in [6, 6.07) is 0. The number of aromatic nitrogens is 3. The Bertz CT molecular complexity index is 459. The Kier molecular flexibility index (Phi) is 3.48. The van der Waals surface area contributed by atoms with Gasteiger partial charge in [0.25, 0.3) is 0 Å². The van der Waals surface area contributed by atoms with Crippen molar-refractivity contribution in [2.45, 2.75) is 51.7 Å².